The van der Waals surface area contributed by atoms with Crippen molar-refractivity contribution in [3.8, 4) is 0 Å². The molecule has 2 aromatic rings. The predicted molar refractivity (Wildman–Crippen MR) is 79.2 cm³/mol. The van der Waals surface area contributed by atoms with Gasteiger partial charge in [0.15, 0.2) is 0 Å². The fraction of sp³-hybridized carbons (Fsp3) is 0.538. The van der Waals surface area contributed by atoms with Crippen molar-refractivity contribution >= 4 is 39.0 Å². The summed E-state index contributed by atoms with van der Waals surface area (Å²) in [6, 6.07) is 2.58. The van der Waals surface area contributed by atoms with Crippen molar-refractivity contribution < 1.29 is 5.11 Å². The first-order valence-corrected chi connectivity index (χ1v) is 7.69. The molecule has 1 N–H and O–H groups in total. The minimum atomic E-state index is 0.128. The Morgan fingerprint density at radius 1 is 1.47 bits per heavy atom. The van der Waals surface area contributed by atoms with Crippen molar-refractivity contribution in [3.05, 3.63) is 16.2 Å². The van der Waals surface area contributed by atoms with Crippen LogP contribution in [0.4, 0.5) is 5.82 Å². The maximum Gasteiger partial charge on any atom is 0.225 e. The number of nitrogens with zero attached hydrogens (tertiary/aromatic N) is 3. The number of aryl methyl sites for hydroxylation is 1. The first-order valence-electron chi connectivity index (χ1n) is 6.50. The molecule has 102 valence electrons. The molecule has 0 aromatic carbocycles. The van der Waals surface area contributed by atoms with Gasteiger partial charge < -0.3 is 10.0 Å². The summed E-state index contributed by atoms with van der Waals surface area (Å²) >= 11 is 7.67. The van der Waals surface area contributed by atoms with E-state index >= 15 is 0 Å². The maximum atomic E-state index is 9.30. The van der Waals surface area contributed by atoms with E-state index in [0.29, 0.717) is 12.6 Å². The van der Waals surface area contributed by atoms with Gasteiger partial charge >= 0.3 is 0 Å². The van der Waals surface area contributed by atoms with E-state index in [2.05, 4.69) is 27.9 Å². The second kappa shape index (κ2) is 5.23. The van der Waals surface area contributed by atoms with E-state index < -0.39 is 0 Å². The smallest absolute Gasteiger partial charge is 0.225 e. The molecule has 1 aliphatic carbocycles. The van der Waals surface area contributed by atoms with Crippen LogP contribution in [0.1, 0.15) is 24.1 Å². The lowest BCUT2D eigenvalue weighted by atomic mass is 9.91. The minimum absolute atomic E-state index is 0.128. The Morgan fingerprint density at radius 3 is 2.89 bits per heavy atom. The highest BCUT2D eigenvalue weighted by Gasteiger charge is 2.27. The summed E-state index contributed by atoms with van der Waals surface area (Å²) in [4.78, 5) is 13.0. The van der Waals surface area contributed by atoms with Crippen LogP contribution < -0.4 is 4.90 Å². The number of thiophene rings is 1. The van der Waals surface area contributed by atoms with Crippen LogP contribution in [0.15, 0.2) is 6.07 Å². The van der Waals surface area contributed by atoms with Gasteiger partial charge in [0.1, 0.15) is 10.6 Å². The van der Waals surface area contributed by atoms with E-state index in [1.54, 1.807) is 11.3 Å². The van der Waals surface area contributed by atoms with Crippen LogP contribution >= 0.6 is 22.9 Å². The zero-order chi connectivity index (χ0) is 13.4. The third kappa shape index (κ3) is 2.42. The van der Waals surface area contributed by atoms with Gasteiger partial charge in [-0.3, -0.25) is 0 Å². The molecule has 0 amide bonds. The van der Waals surface area contributed by atoms with Crippen molar-refractivity contribution in [2.75, 3.05) is 18.1 Å². The van der Waals surface area contributed by atoms with Gasteiger partial charge in [0.05, 0.1) is 12.0 Å². The number of hydrogen-bond acceptors (Lipinski definition) is 5. The molecule has 0 unspecified atom stereocenters. The summed E-state index contributed by atoms with van der Waals surface area (Å²) < 4.78 is 0. The molecule has 0 spiro atoms. The molecular formula is C13H16ClN3OS. The molecule has 0 atom stereocenters. The summed E-state index contributed by atoms with van der Waals surface area (Å²) in [5, 5.41) is 10.6. The molecule has 0 radical (unpaired) electrons. The Kier molecular flexibility index (Phi) is 3.60. The SMILES string of the molecule is Cc1cc2c(N(CCO)C3CCC3)nc(Cl)nc2s1. The number of hydrogen-bond donors (Lipinski definition) is 1. The quantitative estimate of drug-likeness (QED) is 0.881. The summed E-state index contributed by atoms with van der Waals surface area (Å²) in [5.74, 6) is 0.873. The van der Waals surface area contributed by atoms with Crippen LogP contribution in [0, 0.1) is 6.92 Å². The zero-order valence-corrected chi connectivity index (χ0v) is 12.3. The highest BCUT2D eigenvalue weighted by molar-refractivity contribution is 7.18. The van der Waals surface area contributed by atoms with Crippen LogP contribution in [0.5, 0.6) is 0 Å². The summed E-state index contributed by atoms with van der Waals surface area (Å²) in [7, 11) is 0. The largest absolute Gasteiger partial charge is 0.395 e. The Labute approximate surface area is 121 Å². The summed E-state index contributed by atoms with van der Waals surface area (Å²) in [6.07, 6.45) is 3.57. The van der Waals surface area contributed by atoms with Crippen molar-refractivity contribution in [1.82, 2.24) is 9.97 Å². The monoisotopic (exact) mass is 297 g/mol. The Hall–Kier alpha value is -0.910. The fourth-order valence-corrected chi connectivity index (χ4v) is 3.58. The van der Waals surface area contributed by atoms with Crippen LogP contribution in [-0.2, 0) is 0 Å². The molecule has 19 heavy (non-hydrogen) atoms. The summed E-state index contributed by atoms with van der Waals surface area (Å²) in [5.41, 5.74) is 0. The van der Waals surface area contributed by atoms with Crippen LogP contribution in [0.25, 0.3) is 10.2 Å². The number of aromatic nitrogens is 2. The normalized spacial score (nSPS) is 15.7. The van der Waals surface area contributed by atoms with Crippen molar-refractivity contribution in [1.29, 1.82) is 0 Å². The van der Waals surface area contributed by atoms with E-state index in [0.717, 1.165) is 28.9 Å². The van der Waals surface area contributed by atoms with Gasteiger partial charge in [0.2, 0.25) is 5.28 Å². The molecule has 1 saturated carbocycles. The van der Waals surface area contributed by atoms with Gasteiger partial charge in [0.25, 0.3) is 0 Å². The topological polar surface area (TPSA) is 49.2 Å². The minimum Gasteiger partial charge on any atom is -0.395 e. The lowest BCUT2D eigenvalue weighted by Crippen LogP contribution is -2.42. The summed E-state index contributed by atoms with van der Waals surface area (Å²) in [6.45, 7) is 2.79. The van der Waals surface area contributed by atoms with E-state index in [9.17, 15) is 5.11 Å². The third-order valence-electron chi connectivity index (χ3n) is 3.60. The number of halogens is 1. The molecular weight excluding hydrogens is 282 g/mol. The van der Waals surface area contributed by atoms with Crippen molar-refractivity contribution in [3.63, 3.8) is 0 Å². The van der Waals surface area contributed by atoms with E-state index in [4.69, 9.17) is 11.6 Å². The molecule has 0 saturated heterocycles. The molecule has 6 heteroatoms. The Bertz CT molecular complexity index is 597. The molecule has 1 fully saturated rings. The van der Waals surface area contributed by atoms with E-state index in [1.807, 2.05) is 0 Å². The molecule has 0 aliphatic heterocycles. The lowest BCUT2D eigenvalue weighted by molar-refractivity contribution is 0.283. The molecule has 0 bridgehead atoms. The number of fused-ring (bicyclic) bond motifs is 1. The van der Waals surface area contributed by atoms with E-state index in [1.165, 1.54) is 11.3 Å². The standard InChI is InChI=1S/C13H16ClN3OS/c1-8-7-10-11(15-13(14)16-12(10)19-8)17(5-6-18)9-3-2-4-9/h7,9,18H,2-6H2,1H3. The van der Waals surface area contributed by atoms with Gasteiger partial charge in [0, 0.05) is 17.5 Å². The number of aliphatic hydroxyl groups excluding tert-OH is 1. The van der Waals surface area contributed by atoms with Gasteiger partial charge in [-0.25, -0.2) is 4.98 Å². The van der Waals surface area contributed by atoms with Gasteiger partial charge in [-0.1, -0.05) is 0 Å². The van der Waals surface area contributed by atoms with E-state index in [-0.39, 0.29) is 11.9 Å². The molecule has 2 aromatic heterocycles. The molecule has 4 nitrogen and oxygen atoms in total. The van der Waals surface area contributed by atoms with Crippen LogP contribution in [-0.4, -0.2) is 34.3 Å². The fourth-order valence-electron chi connectivity index (χ4n) is 2.49. The average molecular weight is 298 g/mol. The Balaban J connectivity index is 2.09. The van der Waals surface area contributed by atoms with Crippen LogP contribution in [0.3, 0.4) is 0 Å². The second-order valence-corrected chi connectivity index (χ2v) is 6.47. The second-order valence-electron chi connectivity index (χ2n) is 4.89. The van der Waals surface area contributed by atoms with Gasteiger partial charge in [-0.2, -0.15) is 4.98 Å². The van der Waals surface area contributed by atoms with Crippen LogP contribution in [0.2, 0.25) is 5.28 Å². The Morgan fingerprint density at radius 2 is 2.26 bits per heavy atom. The van der Waals surface area contributed by atoms with Crippen molar-refractivity contribution in [2.24, 2.45) is 0 Å². The number of aliphatic hydroxyl groups is 1. The molecule has 3 rings (SSSR count). The maximum absolute atomic E-state index is 9.30. The van der Waals surface area contributed by atoms with Gasteiger partial charge in [-0.15, -0.1) is 11.3 Å². The average Bonchev–Trinajstić information content (AvgIpc) is 2.65. The number of rotatable bonds is 4. The zero-order valence-electron chi connectivity index (χ0n) is 10.8. The highest BCUT2D eigenvalue weighted by atomic mass is 35.5. The molecule has 1 aliphatic rings. The first-order chi connectivity index (χ1) is 9.19. The highest BCUT2D eigenvalue weighted by Crippen LogP contribution is 2.35. The molecule has 2 heterocycles. The van der Waals surface area contributed by atoms with Gasteiger partial charge in [-0.05, 0) is 43.9 Å². The lowest BCUT2D eigenvalue weighted by Gasteiger charge is -2.38. The third-order valence-corrected chi connectivity index (χ3v) is 4.71. The number of anilines is 1. The van der Waals surface area contributed by atoms with Crippen molar-refractivity contribution in [2.45, 2.75) is 32.2 Å². The predicted octanol–water partition coefficient (Wildman–Crippen LogP) is 3.00. The first kappa shape index (κ1) is 13.1.